The molecule has 0 aromatic heterocycles. The molecule has 0 aliphatic carbocycles. The molecular weight excluding hydrogens is 279 g/mol. The lowest BCUT2D eigenvalue weighted by molar-refractivity contribution is 0.102. The highest BCUT2D eigenvalue weighted by Crippen LogP contribution is 2.22. The van der Waals surface area contributed by atoms with Gasteiger partial charge < -0.3 is 11.1 Å². The van der Waals surface area contributed by atoms with Gasteiger partial charge in [-0.15, -0.1) is 0 Å². The Bertz CT molecular complexity index is 663. The van der Waals surface area contributed by atoms with Crippen LogP contribution in [0.5, 0.6) is 0 Å². The minimum atomic E-state index is -0.497. The van der Waals surface area contributed by atoms with Crippen molar-refractivity contribution in [1.29, 1.82) is 0 Å². The van der Waals surface area contributed by atoms with E-state index in [2.05, 4.69) is 5.32 Å². The monoisotopic (exact) mass is 292 g/mol. The van der Waals surface area contributed by atoms with Gasteiger partial charge in [0.05, 0.1) is 0 Å². The number of carbonyl (C=O) groups excluding carboxylic acids is 1. The van der Waals surface area contributed by atoms with Crippen molar-refractivity contribution in [3.05, 3.63) is 57.9 Å². The lowest BCUT2D eigenvalue weighted by Crippen LogP contribution is -2.14. The summed E-state index contributed by atoms with van der Waals surface area (Å²) in [6.45, 7) is 3.39. The van der Waals surface area contributed by atoms with Gasteiger partial charge in [-0.25, -0.2) is 4.39 Å². The Morgan fingerprint density at radius 1 is 1.25 bits per heavy atom. The number of nitrogen functional groups attached to an aromatic ring is 1. The van der Waals surface area contributed by atoms with Crippen LogP contribution in [-0.2, 0) is 0 Å². The van der Waals surface area contributed by atoms with Crippen LogP contribution in [0.2, 0.25) is 5.02 Å². The molecule has 0 saturated heterocycles. The molecule has 0 spiro atoms. The Kier molecular flexibility index (Phi) is 3.95. The summed E-state index contributed by atoms with van der Waals surface area (Å²) in [6, 6.07) is 7.74. The molecule has 1 amide bonds. The van der Waals surface area contributed by atoms with E-state index < -0.39 is 11.7 Å². The second kappa shape index (κ2) is 5.51. The first kappa shape index (κ1) is 14.3. The fourth-order valence-corrected chi connectivity index (χ4v) is 2.02. The summed E-state index contributed by atoms with van der Waals surface area (Å²) in [5, 5.41) is 3.30. The van der Waals surface area contributed by atoms with Crippen molar-refractivity contribution in [2.24, 2.45) is 0 Å². The van der Waals surface area contributed by atoms with Crippen LogP contribution in [0.4, 0.5) is 15.8 Å². The number of hydrogen-bond acceptors (Lipinski definition) is 2. The van der Waals surface area contributed by atoms with Crippen LogP contribution in [0.3, 0.4) is 0 Å². The summed E-state index contributed by atoms with van der Waals surface area (Å²) in [5.41, 5.74) is 7.88. The SMILES string of the molecule is Cc1cc(Cl)ccc1NC(=O)c1cc(N)c(C)c(F)c1. The van der Waals surface area contributed by atoms with Crippen LogP contribution in [0.25, 0.3) is 0 Å². The van der Waals surface area contributed by atoms with Gasteiger partial charge in [-0.2, -0.15) is 0 Å². The van der Waals surface area contributed by atoms with Gasteiger partial charge in [0.2, 0.25) is 0 Å². The van der Waals surface area contributed by atoms with E-state index in [0.29, 0.717) is 16.3 Å². The second-order valence-corrected chi connectivity index (χ2v) is 5.02. The maximum absolute atomic E-state index is 13.6. The summed E-state index contributed by atoms with van der Waals surface area (Å²) >= 11 is 5.85. The molecule has 0 bridgehead atoms. The highest BCUT2D eigenvalue weighted by Gasteiger charge is 2.12. The third-order valence-electron chi connectivity index (χ3n) is 3.08. The van der Waals surface area contributed by atoms with Crippen LogP contribution in [0, 0.1) is 19.7 Å². The zero-order chi connectivity index (χ0) is 14.9. The predicted molar refractivity (Wildman–Crippen MR) is 79.7 cm³/mol. The highest BCUT2D eigenvalue weighted by atomic mass is 35.5. The molecule has 20 heavy (non-hydrogen) atoms. The maximum atomic E-state index is 13.6. The Morgan fingerprint density at radius 3 is 2.55 bits per heavy atom. The standard InChI is InChI=1S/C15H14ClFN2O/c1-8-5-11(16)3-4-14(8)19-15(20)10-6-12(17)9(2)13(18)7-10/h3-7H,18H2,1-2H3,(H,19,20). The first-order valence-electron chi connectivity index (χ1n) is 6.01. The van der Waals surface area contributed by atoms with Gasteiger partial charge in [-0.1, -0.05) is 11.6 Å². The number of benzene rings is 2. The van der Waals surface area contributed by atoms with Crippen molar-refractivity contribution >= 4 is 28.9 Å². The topological polar surface area (TPSA) is 55.1 Å². The van der Waals surface area contributed by atoms with Crippen LogP contribution in [0.15, 0.2) is 30.3 Å². The molecular formula is C15H14ClFN2O. The van der Waals surface area contributed by atoms with E-state index in [4.69, 9.17) is 17.3 Å². The van der Waals surface area contributed by atoms with E-state index in [-0.39, 0.29) is 11.3 Å². The summed E-state index contributed by atoms with van der Waals surface area (Å²) in [7, 11) is 0. The fourth-order valence-electron chi connectivity index (χ4n) is 1.79. The number of aryl methyl sites for hydroxylation is 1. The van der Waals surface area contributed by atoms with Gasteiger partial charge in [-0.05, 0) is 49.7 Å². The Labute approximate surface area is 121 Å². The van der Waals surface area contributed by atoms with Crippen molar-refractivity contribution in [1.82, 2.24) is 0 Å². The molecule has 0 atom stereocenters. The first-order valence-corrected chi connectivity index (χ1v) is 6.39. The molecule has 2 aromatic carbocycles. The molecule has 0 radical (unpaired) electrons. The van der Waals surface area contributed by atoms with Gasteiger partial charge >= 0.3 is 0 Å². The number of amides is 1. The molecule has 0 fully saturated rings. The predicted octanol–water partition coefficient (Wildman–Crippen LogP) is 3.93. The molecule has 0 aliphatic rings. The zero-order valence-electron chi connectivity index (χ0n) is 11.1. The summed E-state index contributed by atoms with van der Waals surface area (Å²) < 4.78 is 13.6. The van der Waals surface area contributed by atoms with Gasteiger partial charge in [0.25, 0.3) is 5.91 Å². The number of rotatable bonds is 2. The molecule has 104 valence electrons. The van der Waals surface area contributed by atoms with Crippen LogP contribution in [-0.4, -0.2) is 5.91 Å². The average molecular weight is 293 g/mol. The number of carbonyl (C=O) groups is 1. The smallest absolute Gasteiger partial charge is 0.255 e. The Balaban J connectivity index is 2.28. The Morgan fingerprint density at radius 2 is 1.95 bits per heavy atom. The number of hydrogen-bond donors (Lipinski definition) is 2. The largest absolute Gasteiger partial charge is 0.398 e. The van der Waals surface area contributed by atoms with Crippen molar-refractivity contribution in [2.45, 2.75) is 13.8 Å². The normalized spacial score (nSPS) is 10.4. The quantitative estimate of drug-likeness (QED) is 0.824. The molecule has 0 aliphatic heterocycles. The van der Waals surface area contributed by atoms with Crippen molar-refractivity contribution in [3.8, 4) is 0 Å². The number of halogens is 2. The van der Waals surface area contributed by atoms with Gasteiger partial charge in [0.15, 0.2) is 0 Å². The molecule has 0 unspecified atom stereocenters. The number of anilines is 2. The highest BCUT2D eigenvalue weighted by molar-refractivity contribution is 6.30. The van der Waals surface area contributed by atoms with E-state index in [1.807, 2.05) is 6.92 Å². The lowest BCUT2D eigenvalue weighted by Gasteiger charge is -2.10. The fraction of sp³-hybridized carbons (Fsp3) is 0.133. The van der Waals surface area contributed by atoms with E-state index in [9.17, 15) is 9.18 Å². The van der Waals surface area contributed by atoms with Gasteiger partial charge in [0, 0.05) is 27.5 Å². The van der Waals surface area contributed by atoms with Gasteiger partial charge in [0.1, 0.15) is 5.82 Å². The third-order valence-corrected chi connectivity index (χ3v) is 3.32. The summed E-state index contributed by atoms with van der Waals surface area (Å²) in [4.78, 5) is 12.1. The van der Waals surface area contributed by atoms with Crippen LogP contribution >= 0.6 is 11.6 Å². The molecule has 0 saturated carbocycles. The third kappa shape index (κ3) is 2.91. The average Bonchev–Trinajstić information content (AvgIpc) is 2.38. The molecule has 3 N–H and O–H groups in total. The maximum Gasteiger partial charge on any atom is 0.255 e. The van der Waals surface area contributed by atoms with E-state index in [1.54, 1.807) is 25.1 Å². The minimum absolute atomic E-state index is 0.181. The van der Waals surface area contributed by atoms with Crippen LogP contribution in [0.1, 0.15) is 21.5 Å². The van der Waals surface area contributed by atoms with Gasteiger partial charge in [-0.3, -0.25) is 4.79 Å². The van der Waals surface area contributed by atoms with E-state index in [1.165, 1.54) is 12.1 Å². The van der Waals surface area contributed by atoms with Crippen LogP contribution < -0.4 is 11.1 Å². The lowest BCUT2D eigenvalue weighted by atomic mass is 10.1. The van der Waals surface area contributed by atoms with Crippen molar-refractivity contribution < 1.29 is 9.18 Å². The summed E-state index contributed by atoms with van der Waals surface area (Å²) in [5.74, 6) is -0.913. The number of nitrogens with one attached hydrogen (secondary N) is 1. The molecule has 2 aromatic rings. The van der Waals surface area contributed by atoms with E-state index in [0.717, 1.165) is 5.56 Å². The zero-order valence-corrected chi connectivity index (χ0v) is 11.9. The van der Waals surface area contributed by atoms with Crippen molar-refractivity contribution in [3.63, 3.8) is 0 Å². The first-order chi connectivity index (χ1) is 9.38. The van der Waals surface area contributed by atoms with E-state index >= 15 is 0 Å². The second-order valence-electron chi connectivity index (χ2n) is 4.59. The molecule has 5 heteroatoms. The molecule has 3 nitrogen and oxygen atoms in total. The Hall–Kier alpha value is -2.07. The minimum Gasteiger partial charge on any atom is -0.398 e. The molecule has 0 heterocycles. The number of nitrogens with two attached hydrogens (primary N) is 1. The van der Waals surface area contributed by atoms with Crippen molar-refractivity contribution in [2.75, 3.05) is 11.1 Å². The summed E-state index contributed by atoms with van der Waals surface area (Å²) in [6.07, 6.45) is 0. The molecule has 2 rings (SSSR count).